The van der Waals surface area contributed by atoms with Gasteiger partial charge in [-0.05, 0) is 29.8 Å². The van der Waals surface area contributed by atoms with Crippen LogP contribution in [-0.4, -0.2) is 31.1 Å². The van der Waals surface area contributed by atoms with E-state index >= 15 is 0 Å². The lowest BCUT2D eigenvalue weighted by molar-refractivity contribution is -0.138. The van der Waals surface area contributed by atoms with E-state index in [1.807, 2.05) is 4.90 Å². The van der Waals surface area contributed by atoms with Crippen LogP contribution in [0.15, 0.2) is 30.3 Å². The Bertz CT molecular complexity index is 710. The number of hydrogen-bond donors (Lipinski definition) is 1. The van der Waals surface area contributed by atoms with Crippen molar-refractivity contribution >= 4 is 22.9 Å². The lowest BCUT2D eigenvalue weighted by atomic mass is 9.96. The van der Waals surface area contributed by atoms with Crippen molar-refractivity contribution < 1.29 is 17.6 Å². The van der Waals surface area contributed by atoms with Gasteiger partial charge in [0.2, 0.25) is 0 Å². The molecule has 1 atom stereocenters. The Labute approximate surface area is 146 Å². The summed E-state index contributed by atoms with van der Waals surface area (Å²) in [5.41, 5.74) is -0.875. The Morgan fingerprint density at radius 2 is 1.83 bits per heavy atom. The van der Waals surface area contributed by atoms with Gasteiger partial charge in [-0.2, -0.15) is 13.2 Å². The van der Waals surface area contributed by atoms with E-state index in [0.29, 0.717) is 36.6 Å². The number of benzene rings is 1. The minimum Gasteiger partial charge on any atom is -0.314 e. The van der Waals surface area contributed by atoms with Crippen molar-refractivity contribution in [2.45, 2.75) is 12.2 Å². The van der Waals surface area contributed by atoms with Crippen LogP contribution < -0.4 is 5.32 Å². The molecule has 0 aliphatic carbocycles. The van der Waals surface area contributed by atoms with Gasteiger partial charge in [0, 0.05) is 31.1 Å². The van der Waals surface area contributed by atoms with Gasteiger partial charge in [-0.15, -0.1) is 11.3 Å². The maximum Gasteiger partial charge on any atom is 0.416 e. The molecule has 1 N–H and O–H groups in total. The number of nitrogens with zero attached hydrogens (tertiary/aromatic N) is 1. The third-order valence-corrected chi connectivity index (χ3v) is 5.28. The fourth-order valence-electron chi connectivity index (χ4n) is 2.96. The molecule has 2 aromatic rings. The summed E-state index contributed by atoms with van der Waals surface area (Å²) in [6.45, 7) is 2.60. The molecule has 0 unspecified atom stereocenters. The smallest absolute Gasteiger partial charge is 0.314 e. The third-order valence-electron chi connectivity index (χ3n) is 4.00. The fourth-order valence-corrected chi connectivity index (χ4v) is 4.17. The van der Waals surface area contributed by atoms with Crippen LogP contribution in [0.25, 0.3) is 0 Å². The maximum absolute atomic E-state index is 13.5. The van der Waals surface area contributed by atoms with Gasteiger partial charge in [0.05, 0.1) is 15.9 Å². The van der Waals surface area contributed by atoms with E-state index in [-0.39, 0.29) is 5.56 Å². The van der Waals surface area contributed by atoms with E-state index in [1.54, 1.807) is 12.1 Å². The van der Waals surface area contributed by atoms with Crippen molar-refractivity contribution in [3.63, 3.8) is 0 Å². The first-order valence-electron chi connectivity index (χ1n) is 7.43. The zero-order valence-electron chi connectivity index (χ0n) is 12.5. The summed E-state index contributed by atoms with van der Waals surface area (Å²) in [7, 11) is 0. The summed E-state index contributed by atoms with van der Waals surface area (Å²) < 4.78 is 54.3. The van der Waals surface area contributed by atoms with Crippen LogP contribution in [0.2, 0.25) is 4.34 Å². The van der Waals surface area contributed by atoms with Gasteiger partial charge >= 0.3 is 6.18 Å². The highest BCUT2D eigenvalue weighted by Crippen LogP contribution is 2.41. The molecule has 0 radical (unpaired) electrons. The molecule has 1 fully saturated rings. The molecule has 0 spiro atoms. The van der Waals surface area contributed by atoms with Crippen LogP contribution in [0.5, 0.6) is 0 Å². The molecule has 1 saturated heterocycles. The Morgan fingerprint density at radius 3 is 2.42 bits per heavy atom. The molecule has 8 heteroatoms. The summed E-state index contributed by atoms with van der Waals surface area (Å²) in [5, 5.41) is 3.19. The predicted molar refractivity (Wildman–Crippen MR) is 87.0 cm³/mol. The minimum atomic E-state index is -4.62. The van der Waals surface area contributed by atoms with Gasteiger partial charge in [0.25, 0.3) is 0 Å². The Kier molecular flexibility index (Phi) is 5.15. The lowest BCUT2D eigenvalue weighted by Crippen LogP contribution is -2.45. The zero-order valence-corrected chi connectivity index (χ0v) is 14.1. The molecule has 2 heterocycles. The zero-order chi connectivity index (χ0) is 17.3. The number of thiophene rings is 1. The number of piperazine rings is 1. The molecular weight excluding hydrogens is 364 g/mol. The van der Waals surface area contributed by atoms with Crippen molar-refractivity contribution in [3.8, 4) is 0 Å². The largest absolute Gasteiger partial charge is 0.416 e. The van der Waals surface area contributed by atoms with E-state index in [2.05, 4.69) is 5.32 Å². The van der Waals surface area contributed by atoms with Crippen LogP contribution in [0.1, 0.15) is 22.0 Å². The normalized spacial score (nSPS) is 17.9. The molecule has 3 rings (SSSR count). The van der Waals surface area contributed by atoms with Crippen LogP contribution in [-0.2, 0) is 6.18 Å². The first-order chi connectivity index (χ1) is 11.4. The highest BCUT2D eigenvalue weighted by molar-refractivity contribution is 7.16. The van der Waals surface area contributed by atoms with Gasteiger partial charge < -0.3 is 5.32 Å². The Hall–Kier alpha value is -1.15. The van der Waals surface area contributed by atoms with Crippen molar-refractivity contribution in [2.75, 3.05) is 26.2 Å². The molecule has 0 bridgehead atoms. The van der Waals surface area contributed by atoms with Crippen molar-refractivity contribution in [1.82, 2.24) is 10.2 Å². The summed E-state index contributed by atoms with van der Waals surface area (Å²) in [5.74, 6) is -0.894. The van der Waals surface area contributed by atoms with E-state index in [9.17, 15) is 17.6 Å². The molecule has 24 heavy (non-hydrogen) atoms. The average molecular weight is 379 g/mol. The molecule has 1 aliphatic heterocycles. The van der Waals surface area contributed by atoms with Gasteiger partial charge in [-0.25, -0.2) is 4.39 Å². The first kappa shape index (κ1) is 17.7. The van der Waals surface area contributed by atoms with E-state index in [4.69, 9.17) is 11.6 Å². The fraction of sp³-hybridized carbons (Fsp3) is 0.375. The summed E-state index contributed by atoms with van der Waals surface area (Å²) in [6.07, 6.45) is -4.62. The molecule has 1 aliphatic rings. The van der Waals surface area contributed by atoms with E-state index in [0.717, 1.165) is 10.9 Å². The number of alkyl halides is 3. The Morgan fingerprint density at radius 1 is 1.12 bits per heavy atom. The average Bonchev–Trinajstić information content (AvgIpc) is 2.95. The number of nitrogens with one attached hydrogen (secondary N) is 1. The molecule has 130 valence electrons. The number of halogens is 5. The molecular formula is C16H15ClF4N2S. The van der Waals surface area contributed by atoms with Gasteiger partial charge in [-0.1, -0.05) is 17.7 Å². The number of rotatable bonds is 3. The van der Waals surface area contributed by atoms with Crippen LogP contribution in [0.3, 0.4) is 0 Å². The standard InChI is InChI=1S/C16H15ClF4N2S/c17-14-4-3-13(24-14)15(23-7-5-22-6-8-23)11-2-1-10(18)9-12(11)16(19,20)21/h1-4,9,15,22H,5-8H2/t15-/m0/s1. The quantitative estimate of drug-likeness (QED) is 0.788. The number of hydrogen-bond acceptors (Lipinski definition) is 3. The summed E-state index contributed by atoms with van der Waals surface area (Å²) >= 11 is 7.24. The van der Waals surface area contributed by atoms with Gasteiger partial charge in [-0.3, -0.25) is 4.90 Å². The predicted octanol–water partition coefficient (Wildman–Crippen LogP) is 4.55. The molecule has 1 aromatic carbocycles. The van der Waals surface area contributed by atoms with E-state index in [1.165, 1.54) is 17.4 Å². The van der Waals surface area contributed by atoms with Crippen molar-refractivity contribution in [3.05, 3.63) is 56.5 Å². The molecule has 0 saturated carbocycles. The summed E-state index contributed by atoms with van der Waals surface area (Å²) in [4.78, 5) is 2.69. The first-order valence-corrected chi connectivity index (χ1v) is 8.62. The molecule has 1 aromatic heterocycles. The van der Waals surface area contributed by atoms with Crippen LogP contribution in [0, 0.1) is 5.82 Å². The minimum absolute atomic E-state index is 0.0596. The van der Waals surface area contributed by atoms with Crippen LogP contribution in [0.4, 0.5) is 17.6 Å². The monoisotopic (exact) mass is 378 g/mol. The molecule has 0 amide bonds. The Balaban J connectivity index is 2.12. The highest BCUT2D eigenvalue weighted by Gasteiger charge is 2.38. The van der Waals surface area contributed by atoms with Crippen LogP contribution >= 0.6 is 22.9 Å². The SMILES string of the molecule is Fc1ccc([C@@H](c2ccc(Cl)s2)N2CCNCC2)c(C(F)(F)F)c1. The van der Waals surface area contributed by atoms with E-state index < -0.39 is 23.6 Å². The summed E-state index contributed by atoms with van der Waals surface area (Å²) in [6, 6.07) is 5.70. The second-order valence-electron chi connectivity index (χ2n) is 5.56. The highest BCUT2D eigenvalue weighted by atomic mass is 35.5. The molecule has 2 nitrogen and oxygen atoms in total. The van der Waals surface area contributed by atoms with Crippen molar-refractivity contribution in [1.29, 1.82) is 0 Å². The van der Waals surface area contributed by atoms with Gasteiger partial charge in [0.1, 0.15) is 5.82 Å². The van der Waals surface area contributed by atoms with Crippen molar-refractivity contribution in [2.24, 2.45) is 0 Å². The van der Waals surface area contributed by atoms with Gasteiger partial charge in [0.15, 0.2) is 0 Å². The second kappa shape index (κ2) is 7.00. The lowest BCUT2D eigenvalue weighted by Gasteiger charge is -2.35. The second-order valence-corrected chi connectivity index (χ2v) is 7.31. The third kappa shape index (κ3) is 3.74. The maximum atomic E-state index is 13.5. The topological polar surface area (TPSA) is 15.3 Å².